The SMILES string of the molecule is CCCCCCC([N]CCCCC)C1CCCCC1. The molecule has 0 spiro atoms. The molecule has 1 atom stereocenters. The third kappa shape index (κ3) is 7.97. The van der Waals surface area contributed by atoms with Crippen LogP contribution in [0.3, 0.4) is 0 Å². The van der Waals surface area contributed by atoms with E-state index in [1.807, 2.05) is 0 Å². The van der Waals surface area contributed by atoms with Crippen LogP contribution in [0.15, 0.2) is 0 Å². The first kappa shape index (κ1) is 17.0. The molecule has 0 aliphatic heterocycles. The predicted octanol–water partition coefficient (Wildman–Crippen LogP) is 5.70. The summed E-state index contributed by atoms with van der Waals surface area (Å²) in [5.41, 5.74) is 0. The molecule has 1 saturated carbocycles. The van der Waals surface area contributed by atoms with Crippen molar-refractivity contribution in [2.24, 2.45) is 5.92 Å². The van der Waals surface area contributed by atoms with Gasteiger partial charge in [-0.3, -0.25) is 0 Å². The average molecular weight is 266 g/mol. The summed E-state index contributed by atoms with van der Waals surface area (Å²) in [6.45, 7) is 5.71. The summed E-state index contributed by atoms with van der Waals surface area (Å²) in [7, 11) is 0. The second kappa shape index (κ2) is 11.8. The molecule has 1 radical (unpaired) electrons. The molecule has 1 fully saturated rings. The molecule has 0 aromatic carbocycles. The maximum absolute atomic E-state index is 5.08. The summed E-state index contributed by atoms with van der Waals surface area (Å²) in [4.78, 5) is 0. The first-order valence-corrected chi connectivity index (χ1v) is 9.05. The van der Waals surface area contributed by atoms with Gasteiger partial charge in [-0.05, 0) is 31.6 Å². The number of unbranched alkanes of at least 4 members (excludes halogenated alkanes) is 5. The van der Waals surface area contributed by atoms with Crippen LogP contribution in [0.1, 0.15) is 97.3 Å². The monoisotopic (exact) mass is 266 g/mol. The Kier molecular flexibility index (Phi) is 10.5. The van der Waals surface area contributed by atoms with Crippen molar-refractivity contribution in [3.63, 3.8) is 0 Å². The molecule has 1 nitrogen and oxygen atoms in total. The first-order valence-electron chi connectivity index (χ1n) is 9.05. The van der Waals surface area contributed by atoms with Crippen molar-refractivity contribution in [2.75, 3.05) is 6.54 Å². The summed E-state index contributed by atoms with van der Waals surface area (Å²) in [6.07, 6.45) is 18.2. The van der Waals surface area contributed by atoms with Crippen molar-refractivity contribution in [1.29, 1.82) is 0 Å². The Morgan fingerprint density at radius 3 is 2.21 bits per heavy atom. The van der Waals surface area contributed by atoms with Gasteiger partial charge in [-0.2, -0.15) is 0 Å². The Morgan fingerprint density at radius 2 is 1.53 bits per heavy atom. The smallest absolute Gasteiger partial charge is 0.0274 e. The van der Waals surface area contributed by atoms with Gasteiger partial charge in [-0.1, -0.05) is 71.6 Å². The number of nitrogens with zero attached hydrogens (tertiary/aromatic N) is 1. The van der Waals surface area contributed by atoms with Gasteiger partial charge in [0, 0.05) is 12.6 Å². The van der Waals surface area contributed by atoms with Crippen LogP contribution in [0, 0.1) is 5.92 Å². The minimum absolute atomic E-state index is 0.703. The minimum atomic E-state index is 0.703. The lowest BCUT2D eigenvalue weighted by molar-refractivity contribution is 0.249. The van der Waals surface area contributed by atoms with Gasteiger partial charge in [-0.25, -0.2) is 5.32 Å². The number of hydrogen-bond donors (Lipinski definition) is 0. The van der Waals surface area contributed by atoms with E-state index in [2.05, 4.69) is 13.8 Å². The lowest BCUT2D eigenvalue weighted by Crippen LogP contribution is -2.33. The lowest BCUT2D eigenvalue weighted by atomic mass is 9.82. The third-order valence-corrected chi connectivity index (χ3v) is 4.67. The summed E-state index contributed by atoms with van der Waals surface area (Å²) in [5.74, 6) is 0.928. The van der Waals surface area contributed by atoms with E-state index in [1.165, 1.54) is 83.5 Å². The first-order chi connectivity index (χ1) is 9.38. The molecule has 0 N–H and O–H groups in total. The van der Waals surface area contributed by atoms with Crippen LogP contribution in [-0.2, 0) is 0 Å². The molecule has 19 heavy (non-hydrogen) atoms. The number of hydrogen-bond acceptors (Lipinski definition) is 0. The fourth-order valence-corrected chi connectivity index (χ4v) is 3.39. The minimum Gasteiger partial charge on any atom is -0.238 e. The Bertz CT molecular complexity index is 172. The van der Waals surface area contributed by atoms with Crippen LogP contribution in [0.25, 0.3) is 0 Å². The molecule has 1 aliphatic carbocycles. The molecule has 0 heterocycles. The quantitative estimate of drug-likeness (QED) is 0.426. The van der Waals surface area contributed by atoms with Crippen molar-refractivity contribution in [2.45, 2.75) is 103 Å². The van der Waals surface area contributed by atoms with Crippen LogP contribution in [0.2, 0.25) is 0 Å². The Morgan fingerprint density at radius 1 is 0.842 bits per heavy atom. The van der Waals surface area contributed by atoms with Crippen LogP contribution >= 0.6 is 0 Å². The average Bonchev–Trinajstić information content (AvgIpc) is 2.46. The van der Waals surface area contributed by atoms with E-state index in [9.17, 15) is 0 Å². The van der Waals surface area contributed by atoms with Gasteiger partial charge in [0.25, 0.3) is 0 Å². The fraction of sp³-hybridized carbons (Fsp3) is 1.00. The molecule has 0 aromatic heterocycles. The van der Waals surface area contributed by atoms with Gasteiger partial charge < -0.3 is 0 Å². The highest BCUT2D eigenvalue weighted by Crippen LogP contribution is 2.29. The molecule has 1 heteroatoms. The van der Waals surface area contributed by atoms with Gasteiger partial charge in [0.1, 0.15) is 0 Å². The van der Waals surface area contributed by atoms with Gasteiger partial charge in [0.2, 0.25) is 0 Å². The van der Waals surface area contributed by atoms with E-state index in [1.54, 1.807) is 0 Å². The van der Waals surface area contributed by atoms with E-state index in [-0.39, 0.29) is 0 Å². The molecular weight excluding hydrogens is 230 g/mol. The van der Waals surface area contributed by atoms with Crippen LogP contribution in [0.5, 0.6) is 0 Å². The molecule has 0 amide bonds. The second-order valence-electron chi connectivity index (χ2n) is 6.43. The highest BCUT2D eigenvalue weighted by atomic mass is 14.9. The summed E-state index contributed by atoms with van der Waals surface area (Å²) in [5, 5.41) is 5.08. The van der Waals surface area contributed by atoms with Crippen molar-refractivity contribution in [3.8, 4) is 0 Å². The molecule has 0 aromatic rings. The van der Waals surface area contributed by atoms with Crippen molar-refractivity contribution < 1.29 is 0 Å². The lowest BCUT2D eigenvalue weighted by Gasteiger charge is -2.30. The Balaban J connectivity index is 2.24. The highest BCUT2D eigenvalue weighted by Gasteiger charge is 2.23. The van der Waals surface area contributed by atoms with Gasteiger partial charge in [-0.15, -0.1) is 0 Å². The third-order valence-electron chi connectivity index (χ3n) is 4.67. The zero-order chi connectivity index (χ0) is 13.8. The summed E-state index contributed by atoms with van der Waals surface area (Å²) < 4.78 is 0. The predicted molar refractivity (Wildman–Crippen MR) is 85.6 cm³/mol. The molecule has 113 valence electrons. The Hall–Kier alpha value is -0.0400. The molecular formula is C18H36N. The largest absolute Gasteiger partial charge is 0.238 e. The van der Waals surface area contributed by atoms with Crippen molar-refractivity contribution in [3.05, 3.63) is 0 Å². The standard InChI is InChI=1S/C18H36N/c1-3-5-7-11-15-18(19-16-12-6-4-2)17-13-9-8-10-14-17/h17-18H,3-16H2,1-2H3. The van der Waals surface area contributed by atoms with Gasteiger partial charge in [0.05, 0.1) is 0 Å². The fourth-order valence-electron chi connectivity index (χ4n) is 3.39. The van der Waals surface area contributed by atoms with Crippen LogP contribution < -0.4 is 5.32 Å². The molecule has 1 rings (SSSR count). The molecule has 1 aliphatic rings. The zero-order valence-electron chi connectivity index (χ0n) is 13.5. The topological polar surface area (TPSA) is 14.1 Å². The van der Waals surface area contributed by atoms with Gasteiger partial charge >= 0.3 is 0 Å². The van der Waals surface area contributed by atoms with Crippen molar-refractivity contribution in [1.82, 2.24) is 5.32 Å². The second-order valence-corrected chi connectivity index (χ2v) is 6.43. The van der Waals surface area contributed by atoms with Crippen LogP contribution in [0.4, 0.5) is 0 Å². The number of rotatable bonds is 11. The van der Waals surface area contributed by atoms with E-state index in [0.717, 1.165) is 12.5 Å². The maximum atomic E-state index is 5.08. The molecule has 1 unspecified atom stereocenters. The van der Waals surface area contributed by atoms with Crippen molar-refractivity contribution >= 4 is 0 Å². The van der Waals surface area contributed by atoms with E-state index in [4.69, 9.17) is 5.32 Å². The molecule has 0 bridgehead atoms. The summed E-state index contributed by atoms with van der Waals surface area (Å²) in [6, 6.07) is 0.703. The Labute approximate surface area is 121 Å². The summed E-state index contributed by atoms with van der Waals surface area (Å²) >= 11 is 0. The molecule has 0 saturated heterocycles. The van der Waals surface area contributed by atoms with E-state index in [0.29, 0.717) is 6.04 Å². The van der Waals surface area contributed by atoms with Gasteiger partial charge in [0.15, 0.2) is 0 Å². The van der Waals surface area contributed by atoms with E-state index < -0.39 is 0 Å². The van der Waals surface area contributed by atoms with Crippen LogP contribution in [-0.4, -0.2) is 12.6 Å². The zero-order valence-corrected chi connectivity index (χ0v) is 13.5. The van der Waals surface area contributed by atoms with E-state index >= 15 is 0 Å². The maximum Gasteiger partial charge on any atom is 0.0274 e. The highest BCUT2D eigenvalue weighted by molar-refractivity contribution is 4.79. The normalized spacial score (nSPS) is 18.6.